The van der Waals surface area contributed by atoms with E-state index in [2.05, 4.69) is 32.4 Å². The zero-order valence-corrected chi connectivity index (χ0v) is 15.7. The van der Waals surface area contributed by atoms with E-state index in [0.29, 0.717) is 22.4 Å². The van der Waals surface area contributed by atoms with Crippen LogP contribution in [0.1, 0.15) is 51.2 Å². The van der Waals surface area contributed by atoms with Crippen molar-refractivity contribution in [3.8, 4) is 0 Å². The number of hydrogen-bond donors (Lipinski definition) is 1. The molecule has 130 valence electrons. The standard InChI is InChI=1S/C20H27NO2S/c1-5-16(4)19-8-6-7-9-20(19)21-24(22,23)18-12-10-17(11-13-18)14-15(2)3/h6-13,15-16,21H,5,14H2,1-4H3/t16-/m0/s1. The number of benzene rings is 2. The minimum absolute atomic E-state index is 0.300. The van der Waals surface area contributed by atoms with Crippen LogP contribution in [0.5, 0.6) is 0 Å². The molecule has 0 unspecified atom stereocenters. The first-order valence-corrected chi connectivity index (χ1v) is 10.0. The minimum Gasteiger partial charge on any atom is -0.279 e. The quantitative estimate of drug-likeness (QED) is 0.749. The van der Waals surface area contributed by atoms with Gasteiger partial charge in [-0.25, -0.2) is 8.42 Å². The molecule has 0 radical (unpaired) electrons. The SMILES string of the molecule is CC[C@H](C)c1ccccc1NS(=O)(=O)c1ccc(CC(C)C)cc1. The topological polar surface area (TPSA) is 46.2 Å². The van der Waals surface area contributed by atoms with E-state index in [0.717, 1.165) is 24.0 Å². The fraction of sp³-hybridized carbons (Fsp3) is 0.400. The Labute approximate surface area is 146 Å². The van der Waals surface area contributed by atoms with E-state index in [-0.39, 0.29) is 0 Å². The molecule has 2 rings (SSSR count). The zero-order chi connectivity index (χ0) is 17.7. The molecule has 1 atom stereocenters. The molecule has 3 nitrogen and oxygen atoms in total. The van der Waals surface area contributed by atoms with E-state index >= 15 is 0 Å². The maximum absolute atomic E-state index is 12.7. The smallest absolute Gasteiger partial charge is 0.261 e. The molecule has 1 N–H and O–H groups in total. The number of para-hydroxylation sites is 1. The van der Waals surface area contributed by atoms with Gasteiger partial charge >= 0.3 is 0 Å². The monoisotopic (exact) mass is 345 g/mol. The molecule has 0 aliphatic heterocycles. The molecule has 0 fully saturated rings. The molecular weight excluding hydrogens is 318 g/mol. The van der Waals surface area contributed by atoms with Crippen molar-refractivity contribution in [2.24, 2.45) is 5.92 Å². The molecule has 0 spiro atoms. The van der Waals surface area contributed by atoms with E-state index in [1.807, 2.05) is 36.4 Å². The normalized spacial score (nSPS) is 13.0. The summed E-state index contributed by atoms with van der Waals surface area (Å²) in [5.74, 6) is 0.852. The highest BCUT2D eigenvalue weighted by Gasteiger charge is 2.17. The van der Waals surface area contributed by atoms with Gasteiger partial charge in [0, 0.05) is 0 Å². The first kappa shape index (κ1) is 18.5. The van der Waals surface area contributed by atoms with Crippen molar-refractivity contribution in [3.63, 3.8) is 0 Å². The third kappa shape index (κ3) is 4.60. The highest BCUT2D eigenvalue weighted by Crippen LogP contribution is 2.28. The van der Waals surface area contributed by atoms with Crippen LogP contribution in [0.15, 0.2) is 53.4 Å². The molecule has 2 aromatic rings. The van der Waals surface area contributed by atoms with Crippen LogP contribution in [0.25, 0.3) is 0 Å². The Morgan fingerprint density at radius 2 is 1.58 bits per heavy atom. The van der Waals surface area contributed by atoms with E-state index in [1.54, 1.807) is 12.1 Å². The van der Waals surface area contributed by atoms with Gasteiger partial charge in [-0.2, -0.15) is 0 Å². The van der Waals surface area contributed by atoms with Crippen LogP contribution in [0.3, 0.4) is 0 Å². The summed E-state index contributed by atoms with van der Waals surface area (Å²) < 4.78 is 28.1. The molecule has 0 aliphatic rings. The van der Waals surface area contributed by atoms with Crippen molar-refractivity contribution in [3.05, 3.63) is 59.7 Å². The van der Waals surface area contributed by atoms with Gasteiger partial charge in [-0.05, 0) is 54.0 Å². The van der Waals surface area contributed by atoms with Gasteiger partial charge in [0.2, 0.25) is 0 Å². The lowest BCUT2D eigenvalue weighted by atomic mass is 9.97. The molecule has 0 aliphatic carbocycles. The molecule has 24 heavy (non-hydrogen) atoms. The Kier molecular flexibility index (Phi) is 6.05. The number of anilines is 1. The summed E-state index contributed by atoms with van der Waals surface area (Å²) >= 11 is 0. The largest absolute Gasteiger partial charge is 0.279 e. The first-order chi connectivity index (χ1) is 11.3. The second kappa shape index (κ2) is 7.84. The molecule has 0 aromatic heterocycles. The minimum atomic E-state index is -3.57. The van der Waals surface area contributed by atoms with Gasteiger partial charge in [0.15, 0.2) is 0 Å². The van der Waals surface area contributed by atoms with Crippen molar-refractivity contribution >= 4 is 15.7 Å². The average Bonchev–Trinajstić information content (AvgIpc) is 2.54. The van der Waals surface area contributed by atoms with Gasteiger partial charge in [-0.1, -0.05) is 58.0 Å². The Morgan fingerprint density at radius 1 is 0.958 bits per heavy atom. The van der Waals surface area contributed by atoms with Gasteiger partial charge in [0.05, 0.1) is 10.6 Å². The van der Waals surface area contributed by atoms with E-state index in [1.165, 1.54) is 0 Å². The third-order valence-corrected chi connectivity index (χ3v) is 5.61. The molecule has 0 amide bonds. The summed E-state index contributed by atoms with van der Waals surface area (Å²) in [6.45, 7) is 8.51. The van der Waals surface area contributed by atoms with Crippen LogP contribution < -0.4 is 4.72 Å². The molecule has 0 bridgehead atoms. The number of hydrogen-bond acceptors (Lipinski definition) is 2. The summed E-state index contributed by atoms with van der Waals surface area (Å²) in [6, 6.07) is 14.8. The van der Waals surface area contributed by atoms with Crippen LogP contribution in [0, 0.1) is 5.92 Å². The molecule has 0 saturated carbocycles. The van der Waals surface area contributed by atoms with Crippen LogP contribution in [-0.2, 0) is 16.4 Å². The van der Waals surface area contributed by atoms with Crippen LogP contribution in [-0.4, -0.2) is 8.42 Å². The van der Waals surface area contributed by atoms with Gasteiger partial charge in [0.25, 0.3) is 10.0 Å². The second-order valence-corrected chi connectivity index (χ2v) is 8.43. The zero-order valence-electron chi connectivity index (χ0n) is 14.9. The summed E-state index contributed by atoms with van der Waals surface area (Å²) in [6.07, 6.45) is 1.91. The highest BCUT2D eigenvalue weighted by molar-refractivity contribution is 7.92. The van der Waals surface area contributed by atoms with Crippen molar-refractivity contribution in [2.75, 3.05) is 4.72 Å². The lowest BCUT2D eigenvalue weighted by Crippen LogP contribution is -2.15. The van der Waals surface area contributed by atoms with Crippen LogP contribution in [0.2, 0.25) is 0 Å². The molecule has 0 heterocycles. The predicted molar refractivity (Wildman–Crippen MR) is 101 cm³/mol. The van der Waals surface area contributed by atoms with Crippen LogP contribution >= 0.6 is 0 Å². The Hall–Kier alpha value is -1.81. The van der Waals surface area contributed by atoms with Gasteiger partial charge in [-0.15, -0.1) is 0 Å². The van der Waals surface area contributed by atoms with Crippen molar-refractivity contribution in [2.45, 2.75) is 51.3 Å². The summed E-state index contributed by atoms with van der Waals surface area (Å²) in [7, 11) is -3.57. The first-order valence-electron chi connectivity index (χ1n) is 8.54. The highest BCUT2D eigenvalue weighted by atomic mass is 32.2. The molecular formula is C20H27NO2S. The van der Waals surface area contributed by atoms with E-state index in [9.17, 15) is 8.42 Å². The van der Waals surface area contributed by atoms with Gasteiger partial charge in [-0.3, -0.25) is 4.72 Å². The number of rotatable bonds is 7. The maximum Gasteiger partial charge on any atom is 0.261 e. The third-order valence-electron chi connectivity index (χ3n) is 4.23. The van der Waals surface area contributed by atoms with Crippen molar-refractivity contribution < 1.29 is 8.42 Å². The second-order valence-electron chi connectivity index (χ2n) is 6.74. The fourth-order valence-corrected chi connectivity index (χ4v) is 3.81. The van der Waals surface area contributed by atoms with Crippen LogP contribution in [0.4, 0.5) is 5.69 Å². The van der Waals surface area contributed by atoms with Gasteiger partial charge < -0.3 is 0 Å². The Morgan fingerprint density at radius 3 is 2.17 bits per heavy atom. The fourth-order valence-electron chi connectivity index (χ4n) is 2.72. The number of nitrogens with one attached hydrogen (secondary N) is 1. The van der Waals surface area contributed by atoms with Gasteiger partial charge in [0.1, 0.15) is 0 Å². The molecule has 2 aromatic carbocycles. The van der Waals surface area contributed by atoms with Crippen molar-refractivity contribution in [1.29, 1.82) is 0 Å². The van der Waals surface area contributed by atoms with Crippen molar-refractivity contribution in [1.82, 2.24) is 0 Å². The summed E-state index contributed by atoms with van der Waals surface area (Å²) in [5, 5.41) is 0. The maximum atomic E-state index is 12.7. The molecule has 4 heteroatoms. The lowest BCUT2D eigenvalue weighted by Gasteiger charge is -2.16. The average molecular weight is 346 g/mol. The predicted octanol–water partition coefficient (Wildman–Crippen LogP) is 5.20. The summed E-state index contributed by atoms with van der Waals surface area (Å²) in [5.41, 5.74) is 2.85. The Balaban J connectivity index is 2.26. The molecule has 0 saturated heterocycles. The van der Waals surface area contributed by atoms with E-state index in [4.69, 9.17) is 0 Å². The Bertz CT molecular complexity index is 764. The summed E-state index contributed by atoms with van der Waals surface area (Å²) in [4.78, 5) is 0.300. The lowest BCUT2D eigenvalue weighted by molar-refractivity contribution is 0.601. The van der Waals surface area contributed by atoms with E-state index < -0.39 is 10.0 Å². The number of sulfonamides is 1.